The zero-order chi connectivity index (χ0) is 12.0. The number of benzene rings is 1. The highest BCUT2D eigenvalue weighted by Crippen LogP contribution is 2.55. The van der Waals surface area contributed by atoms with Gasteiger partial charge in [-0.05, 0) is 42.0 Å². The van der Waals surface area contributed by atoms with Crippen LogP contribution in [0.25, 0.3) is 0 Å². The Morgan fingerprint density at radius 3 is 2.65 bits per heavy atom. The molecular formula is C15H21NO. The smallest absolute Gasteiger partial charge is 0.0522 e. The van der Waals surface area contributed by atoms with Crippen LogP contribution < -0.4 is 5.32 Å². The molecule has 2 nitrogen and oxygen atoms in total. The molecule has 1 saturated carbocycles. The van der Waals surface area contributed by atoms with Gasteiger partial charge in [0.15, 0.2) is 0 Å². The van der Waals surface area contributed by atoms with Gasteiger partial charge in [-0.1, -0.05) is 38.1 Å². The summed E-state index contributed by atoms with van der Waals surface area (Å²) < 4.78 is 0. The number of piperidine rings is 1. The molecule has 2 heteroatoms. The van der Waals surface area contributed by atoms with Gasteiger partial charge >= 0.3 is 0 Å². The Bertz CT molecular complexity index is 417. The molecule has 1 aliphatic carbocycles. The molecule has 92 valence electrons. The summed E-state index contributed by atoms with van der Waals surface area (Å²) in [6.07, 6.45) is 0. The molecule has 0 bridgehead atoms. The molecule has 1 aromatic carbocycles. The van der Waals surface area contributed by atoms with Gasteiger partial charge in [0.05, 0.1) is 6.61 Å². The molecule has 0 radical (unpaired) electrons. The summed E-state index contributed by atoms with van der Waals surface area (Å²) in [5.41, 5.74) is 2.61. The van der Waals surface area contributed by atoms with Crippen LogP contribution in [0.4, 0.5) is 0 Å². The van der Waals surface area contributed by atoms with E-state index in [-0.39, 0.29) is 12.0 Å². The number of hydrogen-bond donors (Lipinski definition) is 2. The number of rotatable bonds is 3. The van der Waals surface area contributed by atoms with Crippen molar-refractivity contribution in [2.45, 2.75) is 25.2 Å². The Morgan fingerprint density at radius 2 is 2.00 bits per heavy atom. The lowest BCUT2D eigenvalue weighted by molar-refractivity contribution is 0.218. The molecule has 1 aliphatic heterocycles. The lowest BCUT2D eigenvalue weighted by Gasteiger charge is -2.23. The van der Waals surface area contributed by atoms with Gasteiger partial charge in [0.25, 0.3) is 0 Å². The zero-order valence-corrected chi connectivity index (χ0v) is 10.6. The number of aliphatic hydroxyl groups excluding tert-OH is 1. The minimum Gasteiger partial charge on any atom is -0.395 e. The summed E-state index contributed by atoms with van der Waals surface area (Å²) in [7, 11) is 0. The van der Waals surface area contributed by atoms with Gasteiger partial charge in [-0.15, -0.1) is 0 Å². The van der Waals surface area contributed by atoms with Gasteiger partial charge in [-0.25, -0.2) is 0 Å². The van der Waals surface area contributed by atoms with Gasteiger partial charge in [-0.3, -0.25) is 0 Å². The first-order valence-corrected chi connectivity index (χ1v) is 6.55. The highest BCUT2D eigenvalue weighted by Gasteiger charge is 2.53. The lowest BCUT2D eigenvalue weighted by Crippen LogP contribution is -2.22. The van der Waals surface area contributed by atoms with Gasteiger partial charge in [0, 0.05) is 5.41 Å². The van der Waals surface area contributed by atoms with E-state index in [0.29, 0.717) is 0 Å². The maximum Gasteiger partial charge on any atom is 0.0522 e. The molecule has 1 saturated heterocycles. The normalized spacial score (nSPS) is 31.4. The van der Waals surface area contributed by atoms with Crippen molar-refractivity contribution in [2.75, 3.05) is 19.7 Å². The van der Waals surface area contributed by atoms with Crippen molar-refractivity contribution < 1.29 is 5.11 Å². The standard InChI is InChI=1S/C15H21NO/c1-15(2,9-17)11-5-3-4-10(6-11)14-12-7-16-8-13(12)14/h3-6,12-14,16-17H,7-9H2,1-2H3. The Kier molecular flexibility index (Phi) is 2.53. The average Bonchev–Trinajstić information content (AvgIpc) is 2.83. The fourth-order valence-electron chi connectivity index (χ4n) is 3.17. The zero-order valence-electron chi connectivity index (χ0n) is 10.6. The van der Waals surface area contributed by atoms with E-state index in [1.165, 1.54) is 24.2 Å². The summed E-state index contributed by atoms with van der Waals surface area (Å²) in [6, 6.07) is 8.83. The monoisotopic (exact) mass is 231 g/mol. The largest absolute Gasteiger partial charge is 0.395 e. The highest BCUT2D eigenvalue weighted by molar-refractivity contribution is 5.36. The Hall–Kier alpha value is -0.860. The third kappa shape index (κ3) is 1.80. The minimum absolute atomic E-state index is 0.127. The van der Waals surface area contributed by atoms with Crippen LogP contribution in [0, 0.1) is 11.8 Å². The molecule has 2 aliphatic rings. The van der Waals surface area contributed by atoms with Crippen LogP contribution >= 0.6 is 0 Å². The van der Waals surface area contributed by atoms with Crippen molar-refractivity contribution >= 4 is 0 Å². The summed E-state index contributed by atoms with van der Waals surface area (Å²) in [4.78, 5) is 0. The molecular weight excluding hydrogens is 210 g/mol. The first-order valence-electron chi connectivity index (χ1n) is 6.55. The third-order valence-corrected chi connectivity index (χ3v) is 4.54. The van der Waals surface area contributed by atoms with Crippen molar-refractivity contribution in [3.63, 3.8) is 0 Å². The predicted molar refractivity (Wildman–Crippen MR) is 69.1 cm³/mol. The van der Waals surface area contributed by atoms with Crippen molar-refractivity contribution in [1.82, 2.24) is 5.32 Å². The van der Waals surface area contributed by atoms with E-state index in [1.54, 1.807) is 0 Å². The number of hydrogen-bond acceptors (Lipinski definition) is 2. The summed E-state index contributed by atoms with van der Waals surface area (Å²) in [5.74, 6) is 2.50. The Labute approximate surface area is 103 Å². The second-order valence-electron chi connectivity index (χ2n) is 6.18. The molecule has 1 aromatic rings. The summed E-state index contributed by atoms with van der Waals surface area (Å²) >= 11 is 0. The van der Waals surface area contributed by atoms with E-state index in [1.807, 2.05) is 0 Å². The molecule has 17 heavy (non-hydrogen) atoms. The molecule has 0 amide bonds. The van der Waals surface area contributed by atoms with Crippen LogP contribution in [0.3, 0.4) is 0 Å². The molecule has 2 N–H and O–H groups in total. The Balaban J connectivity index is 1.85. The Morgan fingerprint density at radius 1 is 1.29 bits per heavy atom. The third-order valence-electron chi connectivity index (χ3n) is 4.54. The van der Waals surface area contributed by atoms with Crippen LogP contribution in [0.1, 0.15) is 30.9 Å². The van der Waals surface area contributed by atoms with E-state index in [2.05, 4.69) is 43.4 Å². The molecule has 0 spiro atoms. The fourth-order valence-corrected chi connectivity index (χ4v) is 3.17. The lowest BCUT2D eigenvalue weighted by atomic mass is 9.84. The number of fused-ring (bicyclic) bond motifs is 1. The molecule has 2 unspecified atom stereocenters. The van der Waals surface area contributed by atoms with Crippen molar-refractivity contribution in [3.8, 4) is 0 Å². The summed E-state index contributed by atoms with van der Waals surface area (Å²) in [6.45, 7) is 6.77. The molecule has 0 aromatic heterocycles. The minimum atomic E-state index is -0.127. The average molecular weight is 231 g/mol. The SMILES string of the molecule is CC(C)(CO)c1cccc(C2C3CNCC32)c1. The van der Waals surface area contributed by atoms with Gasteiger partial charge in [0.1, 0.15) is 0 Å². The molecule has 1 heterocycles. The van der Waals surface area contributed by atoms with Crippen LogP contribution in [-0.2, 0) is 5.41 Å². The second kappa shape index (κ2) is 3.82. The number of aliphatic hydroxyl groups is 1. The van der Waals surface area contributed by atoms with Crippen molar-refractivity contribution in [3.05, 3.63) is 35.4 Å². The topological polar surface area (TPSA) is 32.3 Å². The molecule has 2 fully saturated rings. The molecule has 2 atom stereocenters. The van der Waals surface area contributed by atoms with Gasteiger partial charge in [0.2, 0.25) is 0 Å². The van der Waals surface area contributed by atoms with Crippen LogP contribution in [0.2, 0.25) is 0 Å². The van der Waals surface area contributed by atoms with Gasteiger partial charge in [-0.2, -0.15) is 0 Å². The van der Waals surface area contributed by atoms with E-state index in [4.69, 9.17) is 0 Å². The van der Waals surface area contributed by atoms with Crippen LogP contribution in [-0.4, -0.2) is 24.8 Å². The predicted octanol–water partition coefficient (Wildman–Crippen LogP) is 1.89. The number of nitrogens with one attached hydrogen (secondary N) is 1. The van der Waals surface area contributed by atoms with E-state index >= 15 is 0 Å². The fraction of sp³-hybridized carbons (Fsp3) is 0.600. The second-order valence-corrected chi connectivity index (χ2v) is 6.18. The van der Waals surface area contributed by atoms with Gasteiger partial charge < -0.3 is 10.4 Å². The van der Waals surface area contributed by atoms with E-state index in [9.17, 15) is 5.11 Å². The van der Waals surface area contributed by atoms with E-state index in [0.717, 1.165) is 17.8 Å². The van der Waals surface area contributed by atoms with Crippen LogP contribution in [0.5, 0.6) is 0 Å². The van der Waals surface area contributed by atoms with Crippen molar-refractivity contribution in [2.24, 2.45) is 11.8 Å². The first-order chi connectivity index (χ1) is 8.13. The highest BCUT2D eigenvalue weighted by atomic mass is 16.3. The van der Waals surface area contributed by atoms with E-state index < -0.39 is 0 Å². The molecule has 3 rings (SSSR count). The van der Waals surface area contributed by atoms with Crippen LogP contribution in [0.15, 0.2) is 24.3 Å². The maximum absolute atomic E-state index is 9.44. The van der Waals surface area contributed by atoms with Crippen molar-refractivity contribution in [1.29, 1.82) is 0 Å². The first kappa shape index (κ1) is 11.2. The maximum atomic E-state index is 9.44. The summed E-state index contributed by atoms with van der Waals surface area (Å²) in [5, 5.41) is 12.9. The quantitative estimate of drug-likeness (QED) is 0.832.